The Labute approximate surface area is 138 Å². The Hall–Kier alpha value is -3.04. The van der Waals surface area contributed by atoms with Crippen molar-refractivity contribution in [3.05, 3.63) is 108 Å². The molecule has 0 aliphatic heterocycles. The van der Waals surface area contributed by atoms with E-state index in [2.05, 4.69) is 60.9 Å². The van der Waals surface area contributed by atoms with Crippen LogP contribution in [0.15, 0.2) is 91.5 Å². The zero-order chi connectivity index (χ0) is 15.9. The Kier molecular flexibility index (Phi) is 4.72. The summed E-state index contributed by atoms with van der Waals surface area (Å²) in [7, 11) is 0. The fourth-order valence-electron chi connectivity index (χ4n) is 2.60. The van der Waals surface area contributed by atoms with E-state index >= 15 is 0 Å². The summed E-state index contributed by atoms with van der Waals surface area (Å²) in [6.45, 7) is 3.86. The van der Waals surface area contributed by atoms with Crippen LogP contribution in [-0.4, -0.2) is 0 Å². The Balaban J connectivity index is 2.06. The molecule has 0 spiro atoms. The highest BCUT2D eigenvalue weighted by Gasteiger charge is 2.06. The molecular formula is C23H18. The van der Waals surface area contributed by atoms with Crippen molar-refractivity contribution in [2.24, 2.45) is 0 Å². The van der Waals surface area contributed by atoms with Crippen molar-refractivity contribution in [1.82, 2.24) is 0 Å². The van der Waals surface area contributed by atoms with Gasteiger partial charge in [-0.25, -0.2) is 0 Å². The summed E-state index contributed by atoms with van der Waals surface area (Å²) in [5, 5.41) is 0. The molecule has 0 heteroatoms. The molecule has 0 heterocycles. The van der Waals surface area contributed by atoms with Crippen molar-refractivity contribution in [2.45, 2.75) is 6.42 Å². The van der Waals surface area contributed by atoms with Crippen molar-refractivity contribution in [3.63, 3.8) is 0 Å². The second kappa shape index (κ2) is 7.29. The van der Waals surface area contributed by atoms with Crippen molar-refractivity contribution >= 4 is 0 Å². The smallest absolute Gasteiger partial charge is 0.0327 e. The van der Waals surface area contributed by atoms with Gasteiger partial charge < -0.3 is 0 Å². The lowest BCUT2D eigenvalue weighted by molar-refractivity contribution is 1.28. The van der Waals surface area contributed by atoms with Crippen LogP contribution >= 0.6 is 0 Å². The lowest BCUT2D eigenvalue weighted by atomic mass is 9.94. The van der Waals surface area contributed by atoms with E-state index in [1.807, 2.05) is 42.5 Å². The molecule has 0 bridgehead atoms. The summed E-state index contributed by atoms with van der Waals surface area (Å²) in [5.74, 6) is 6.57. The third kappa shape index (κ3) is 3.59. The molecular weight excluding hydrogens is 276 g/mol. The van der Waals surface area contributed by atoms with Gasteiger partial charge in [-0.05, 0) is 41.3 Å². The van der Waals surface area contributed by atoms with E-state index in [4.69, 9.17) is 0 Å². The van der Waals surface area contributed by atoms with Gasteiger partial charge in [-0.3, -0.25) is 0 Å². The molecule has 23 heavy (non-hydrogen) atoms. The zero-order valence-corrected chi connectivity index (χ0v) is 13.0. The van der Waals surface area contributed by atoms with Gasteiger partial charge in [0.25, 0.3) is 0 Å². The molecule has 0 saturated heterocycles. The Morgan fingerprint density at radius 2 is 1.35 bits per heavy atom. The summed E-state index contributed by atoms with van der Waals surface area (Å²) in [4.78, 5) is 0. The van der Waals surface area contributed by atoms with Gasteiger partial charge in [-0.2, -0.15) is 0 Å². The number of benzene rings is 3. The zero-order valence-electron chi connectivity index (χ0n) is 13.0. The second-order valence-corrected chi connectivity index (χ2v) is 5.31. The quantitative estimate of drug-likeness (QED) is 0.443. The van der Waals surface area contributed by atoms with Gasteiger partial charge in [-0.15, -0.1) is 6.58 Å². The molecule has 3 rings (SSSR count). The summed E-state index contributed by atoms with van der Waals surface area (Å²) in [5.41, 5.74) is 5.75. The van der Waals surface area contributed by atoms with Crippen LogP contribution in [-0.2, 0) is 6.42 Å². The third-order valence-corrected chi connectivity index (χ3v) is 3.71. The van der Waals surface area contributed by atoms with Crippen molar-refractivity contribution in [3.8, 4) is 23.0 Å². The number of rotatable bonds is 3. The maximum Gasteiger partial charge on any atom is 0.0327 e. The monoisotopic (exact) mass is 294 g/mol. The molecule has 0 unspecified atom stereocenters. The maximum absolute atomic E-state index is 3.86. The molecule has 0 N–H and O–H groups in total. The molecule has 0 fully saturated rings. The van der Waals surface area contributed by atoms with E-state index in [9.17, 15) is 0 Å². The standard InChI is InChI=1S/C23H18/c1-2-10-20-13-6-8-15-22(20)23-16-9-7-14-21(23)18-17-19-11-4-3-5-12-19/h2-9,11-16H,1,10H2. The van der Waals surface area contributed by atoms with Gasteiger partial charge in [0.15, 0.2) is 0 Å². The van der Waals surface area contributed by atoms with E-state index in [1.165, 1.54) is 16.7 Å². The molecule has 0 amide bonds. The van der Waals surface area contributed by atoms with Gasteiger partial charge in [0.05, 0.1) is 0 Å². The first-order valence-electron chi connectivity index (χ1n) is 7.74. The van der Waals surface area contributed by atoms with Gasteiger partial charge in [0.2, 0.25) is 0 Å². The van der Waals surface area contributed by atoms with Crippen LogP contribution in [0.4, 0.5) is 0 Å². The average molecular weight is 294 g/mol. The van der Waals surface area contributed by atoms with Crippen molar-refractivity contribution in [1.29, 1.82) is 0 Å². The number of allylic oxidation sites excluding steroid dienone is 1. The second-order valence-electron chi connectivity index (χ2n) is 5.31. The van der Waals surface area contributed by atoms with Crippen LogP contribution in [0.3, 0.4) is 0 Å². The fourth-order valence-corrected chi connectivity index (χ4v) is 2.60. The molecule has 0 radical (unpaired) electrons. The minimum absolute atomic E-state index is 0.858. The predicted octanol–water partition coefficient (Wildman–Crippen LogP) is 5.48. The molecule has 0 aromatic heterocycles. The summed E-state index contributed by atoms with van der Waals surface area (Å²) >= 11 is 0. The van der Waals surface area contributed by atoms with Crippen LogP contribution in [0.25, 0.3) is 11.1 Å². The van der Waals surface area contributed by atoms with Crippen molar-refractivity contribution < 1.29 is 0 Å². The molecule has 0 saturated carbocycles. The Bertz CT molecular complexity index is 861. The topological polar surface area (TPSA) is 0 Å². The summed E-state index contributed by atoms with van der Waals surface area (Å²) < 4.78 is 0. The highest BCUT2D eigenvalue weighted by Crippen LogP contribution is 2.27. The van der Waals surface area contributed by atoms with E-state index < -0.39 is 0 Å². The van der Waals surface area contributed by atoms with E-state index in [0.29, 0.717) is 0 Å². The Morgan fingerprint density at radius 3 is 2.13 bits per heavy atom. The highest BCUT2D eigenvalue weighted by molar-refractivity contribution is 5.74. The first kappa shape index (κ1) is 14.9. The highest BCUT2D eigenvalue weighted by atomic mass is 14.1. The average Bonchev–Trinajstić information content (AvgIpc) is 2.62. The SMILES string of the molecule is C=CCc1ccccc1-c1ccccc1C#Cc1ccccc1. The van der Waals surface area contributed by atoms with Gasteiger partial charge >= 0.3 is 0 Å². The van der Waals surface area contributed by atoms with Crippen LogP contribution in [0.5, 0.6) is 0 Å². The van der Waals surface area contributed by atoms with E-state index in [1.54, 1.807) is 0 Å². The molecule has 3 aromatic rings. The fraction of sp³-hybridized carbons (Fsp3) is 0.0435. The molecule has 0 aliphatic rings. The largest absolute Gasteiger partial charge is 0.103 e. The number of hydrogen-bond donors (Lipinski definition) is 0. The third-order valence-electron chi connectivity index (χ3n) is 3.71. The molecule has 3 aromatic carbocycles. The summed E-state index contributed by atoms with van der Waals surface area (Å²) in [6.07, 6.45) is 2.80. The van der Waals surface area contributed by atoms with Crippen molar-refractivity contribution in [2.75, 3.05) is 0 Å². The molecule has 110 valence electrons. The predicted molar refractivity (Wildman–Crippen MR) is 98.2 cm³/mol. The van der Waals surface area contributed by atoms with E-state index in [-0.39, 0.29) is 0 Å². The number of hydrogen-bond acceptors (Lipinski definition) is 0. The molecule has 0 aliphatic carbocycles. The van der Waals surface area contributed by atoms with E-state index in [0.717, 1.165) is 17.5 Å². The Morgan fingerprint density at radius 1 is 0.696 bits per heavy atom. The van der Waals surface area contributed by atoms with Crippen LogP contribution in [0.2, 0.25) is 0 Å². The van der Waals surface area contributed by atoms with Crippen LogP contribution in [0.1, 0.15) is 16.7 Å². The molecule has 0 atom stereocenters. The lowest BCUT2D eigenvalue weighted by Crippen LogP contribution is -1.90. The van der Waals surface area contributed by atoms with Gasteiger partial charge in [0, 0.05) is 11.1 Å². The lowest BCUT2D eigenvalue weighted by Gasteiger charge is -2.10. The van der Waals surface area contributed by atoms with Crippen LogP contribution in [0, 0.1) is 11.8 Å². The molecule has 0 nitrogen and oxygen atoms in total. The maximum atomic E-state index is 3.86. The van der Waals surface area contributed by atoms with Gasteiger partial charge in [-0.1, -0.05) is 78.6 Å². The first-order chi connectivity index (χ1) is 11.4. The minimum Gasteiger partial charge on any atom is -0.103 e. The van der Waals surface area contributed by atoms with Crippen LogP contribution < -0.4 is 0 Å². The summed E-state index contributed by atoms with van der Waals surface area (Å²) in [6, 6.07) is 26.8. The normalized spacial score (nSPS) is 9.74. The van der Waals surface area contributed by atoms with Gasteiger partial charge in [0.1, 0.15) is 0 Å². The first-order valence-corrected chi connectivity index (χ1v) is 7.74. The minimum atomic E-state index is 0.858.